The Morgan fingerprint density at radius 3 is 2.90 bits per heavy atom. The normalized spacial score (nSPS) is 15.3. The van der Waals surface area contributed by atoms with Crippen molar-refractivity contribution in [1.82, 2.24) is 14.9 Å². The van der Waals surface area contributed by atoms with E-state index in [9.17, 15) is 4.79 Å². The van der Waals surface area contributed by atoms with Crippen LogP contribution in [0, 0.1) is 11.3 Å². The SMILES string of the molecule is CCCCN1CCN(c2ncc(C#N)c(N)n2)CC1=O. The monoisotopic (exact) mass is 274 g/mol. The van der Waals surface area contributed by atoms with Crippen molar-refractivity contribution in [1.29, 1.82) is 5.26 Å². The first-order valence-corrected chi connectivity index (χ1v) is 6.71. The highest BCUT2D eigenvalue weighted by atomic mass is 16.2. The zero-order valence-electron chi connectivity index (χ0n) is 11.5. The van der Waals surface area contributed by atoms with Crippen molar-refractivity contribution in [3.63, 3.8) is 0 Å². The van der Waals surface area contributed by atoms with E-state index in [4.69, 9.17) is 11.0 Å². The third kappa shape index (κ3) is 2.96. The second kappa shape index (κ2) is 6.19. The Hall–Kier alpha value is -2.36. The predicted molar refractivity (Wildman–Crippen MR) is 74.9 cm³/mol. The zero-order valence-corrected chi connectivity index (χ0v) is 11.5. The van der Waals surface area contributed by atoms with Gasteiger partial charge in [0, 0.05) is 19.6 Å². The van der Waals surface area contributed by atoms with Gasteiger partial charge in [-0.15, -0.1) is 0 Å². The molecule has 1 aromatic heterocycles. The van der Waals surface area contributed by atoms with Crippen molar-refractivity contribution in [2.24, 2.45) is 0 Å². The molecule has 0 aliphatic carbocycles. The molecule has 7 nitrogen and oxygen atoms in total. The van der Waals surface area contributed by atoms with Crippen LogP contribution in [0.15, 0.2) is 6.20 Å². The molecule has 0 aromatic carbocycles. The van der Waals surface area contributed by atoms with Gasteiger partial charge in [-0.05, 0) is 6.42 Å². The number of aromatic nitrogens is 2. The molecule has 0 spiro atoms. The average molecular weight is 274 g/mol. The number of anilines is 2. The van der Waals surface area contributed by atoms with Crippen LogP contribution in [-0.2, 0) is 4.79 Å². The van der Waals surface area contributed by atoms with E-state index in [0.717, 1.165) is 19.4 Å². The maximum absolute atomic E-state index is 12.0. The smallest absolute Gasteiger partial charge is 0.242 e. The minimum absolute atomic E-state index is 0.0798. The Morgan fingerprint density at radius 2 is 2.30 bits per heavy atom. The number of unbranched alkanes of at least 4 members (excludes halogenated alkanes) is 1. The summed E-state index contributed by atoms with van der Waals surface area (Å²) in [6, 6.07) is 1.92. The Kier molecular flexibility index (Phi) is 4.35. The number of nitrogens with zero attached hydrogens (tertiary/aromatic N) is 5. The number of carbonyl (C=O) groups excluding carboxylic acids is 1. The van der Waals surface area contributed by atoms with Gasteiger partial charge in [0.1, 0.15) is 17.5 Å². The maximum Gasteiger partial charge on any atom is 0.242 e. The Labute approximate surface area is 118 Å². The Morgan fingerprint density at radius 1 is 1.50 bits per heavy atom. The van der Waals surface area contributed by atoms with Crippen molar-refractivity contribution in [2.75, 3.05) is 36.8 Å². The van der Waals surface area contributed by atoms with Crippen LogP contribution in [0.3, 0.4) is 0 Å². The van der Waals surface area contributed by atoms with E-state index in [0.29, 0.717) is 19.0 Å². The molecule has 1 saturated heterocycles. The maximum atomic E-state index is 12.0. The van der Waals surface area contributed by atoms with Gasteiger partial charge < -0.3 is 15.5 Å². The van der Waals surface area contributed by atoms with Crippen molar-refractivity contribution in [3.8, 4) is 6.07 Å². The molecule has 106 valence electrons. The van der Waals surface area contributed by atoms with Gasteiger partial charge in [-0.3, -0.25) is 4.79 Å². The predicted octanol–water partition coefficient (Wildman–Crippen LogP) is 0.379. The van der Waals surface area contributed by atoms with Gasteiger partial charge >= 0.3 is 0 Å². The first kappa shape index (κ1) is 14.1. The molecular formula is C13H18N6O. The van der Waals surface area contributed by atoms with Gasteiger partial charge in [0.25, 0.3) is 0 Å². The topological polar surface area (TPSA) is 99.1 Å². The van der Waals surface area contributed by atoms with Gasteiger partial charge in [0.05, 0.1) is 12.7 Å². The molecule has 2 rings (SSSR count). The summed E-state index contributed by atoms with van der Waals surface area (Å²) in [6.45, 7) is 4.52. The first-order chi connectivity index (χ1) is 9.65. The van der Waals surface area contributed by atoms with E-state index >= 15 is 0 Å². The summed E-state index contributed by atoms with van der Waals surface area (Å²) < 4.78 is 0. The van der Waals surface area contributed by atoms with Gasteiger partial charge in [-0.2, -0.15) is 10.2 Å². The highest BCUT2D eigenvalue weighted by Gasteiger charge is 2.25. The largest absolute Gasteiger partial charge is 0.382 e. The first-order valence-electron chi connectivity index (χ1n) is 6.71. The van der Waals surface area contributed by atoms with Crippen LogP contribution in [0.5, 0.6) is 0 Å². The Bertz CT molecular complexity index is 538. The molecule has 1 aromatic rings. The number of nitriles is 1. The molecule has 1 aliphatic heterocycles. The van der Waals surface area contributed by atoms with Crippen LogP contribution in [0.1, 0.15) is 25.3 Å². The fraction of sp³-hybridized carbons (Fsp3) is 0.538. The Balaban J connectivity index is 2.04. The summed E-state index contributed by atoms with van der Waals surface area (Å²) in [5.41, 5.74) is 5.92. The summed E-state index contributed by atoms with van der Waals surface area (Å²) >= 11 is 0. The number of amides is 1. The minimum atomic E-state index is 0.0798. The molecule has 0 unspecified atom stereocenters. The van der Waals surface area contributed by atoms with Crippen LogP contribution in [0.2, 0.25) is 0 Å². The van der Waals surface area contributed by atoms with Crippen molar-refractivity contribution in [2.45, 2.75) is 19.8 Å². The molecule has 2 N–H and O–H groups in total. The average Bonchev–Trinajstić information content (AvgIpc) is 2.46. The van der Waals surface area contributed by atoms with Crippen LogP contribution in [0.4, 0.5) is 11.8 Å². The molecule has 0 radical (unpaired) electrons. The summed E-state index contributed by atoms with van der Waals surface area (Å²) in [6.07, 6.45) is 3.49. The van der Waals surface area contributed by atoms with Crippen LogP contribution in [0.25, 0.3) is 0 Å². The molecule has 0 bridgehead atoms. The zero-order chi connectivity index (χ0) is 14.5. The number of carbonyl (C=O) groups is 1. The molecule has 0 atom stereocenters. The van der Waals surface area contributed by atoms with Crippen LogP contribution < -0.4 is 10.6 Å². The number of nitrogen functional groups attached to an aromatic ring is 1. The summed E-state index contributed by atoms with van der Waals surface area (Å²) in [4.78, 5) is 23.9. The highest BCUT2D eigenvalue weighted by Crippen LogP contribution is 2.15. The fourth-order valence-electron chi connectivity index (χ4n) is 2.09. The third-order valence-electron chi connectivity index (χ3n) is 3.31. The van der Waals surface area contributed by atoms with E-state index in [-0.39, 0.29) is 23.8 Å². The third-order valence-corrected chi connectivity index (χ3v) is 3.31. The van der Waals surface area contributed by atoms with Crippen molar-refractivity contribution >= 4 is 17.7 Å². The highest BCUT2D eigenvalue weighted by molar-refractivity contribution is 5.82. The lowest BCUT2D eigenvalue weighted by molar-refractivity contribution is -0.131. The molecule has 2 heterocycles. The molecule has 0 saturated carbocycles. The van der Waals surface area contributed by atoms with E-state index < -0.39 is 0 Å². The molecule has 1 fully saturated rings. The van der Waals surface area contributed by atoms with E-state index in [1.807, 2.05) is 11.0 Å². The number of nitrogens with two attached hydrogens (primary N) is 1. The van der Waals surface area contributed by atoms with Crippen molar-refractivity contribution in [3.05, 3.63) is 11.8 Å². The van der Waals surface area contributed by atoms with Crippen LogP contribution in [-0.4, -0.2) is 47.0 Å². The van der Waals surface area contributed by atoms with Gasteiger partial charge in [0.15, 0.2) is 0 Å². The summed E-state index contributed by atoms with van der Waals surface area (Å²) in [5.74, 6) is 0.639. The lowest BCUT2D eigenvalue weighted by Gasteiger charge is -2.34. The fourth-order valence-corrected chi connectivity index (χ4v) is 2.09. The number of hydrogen-bond acceptors (Lipinski definition) is 6. The second-order valence-electron chi connectivity index (χ2n) is 4.74. The second-order valence-corrected chi connectivity index (χ2v) is 4.74. The lowest BCUT2D eigenvalue weighted by Crippen LogP contribution is -2.51. The van der Waals surface area contributed by atoms with E-state index in [1.165, 1.54) is 6.20 Å². The van der Waals surface area contributed by atoms with Crippen molar-refractivity contribution < 1.29 is 4.79 Å². The standard InChI is InChI=1S/C13H18N6O/c1-2-3-4-18-5-6-19(9-11(18)20)13-16-8-10(7-14)12(15)17-13/h8H,2-6,9H2,1H3,(H2,15,16,17). The number of hydrogen-bond donors (Lipinski definition) is 1. The molecule has 20 heavy (non-hydrogen) atoms. The van der Waals surface area contributed by atoms with E-state index in [2.05, 4.69) is 16.9 Å². The number of piperazine rings is 1. The summed E-state index contributed by atoms with van der Waals surface area (Å²) in [7, 11) is 0. The van der Waals surface area contributed by atoms with Gasteiger partial charge in [-0.1, -0.05) is 13.3 Å². The lowest BCUT2D eigenvalue weighted by atomic mass is 10.2. The molecule has 1 aliphatic rings. The quantitative estimate of drug-likeness (QED) is 0.852. The minimum Gasteiger partial charge on any atom is -0.382 e. The number of rotatable bonds is 4. The van der Waals surface area contributed by atoms with E-state index in [1.54, 1.807) is 4.90 Å². The molecule has 1 amide bonds. The van der Waals surface area contributed by atoms with Gasteiger partial charge in [0.2, 0.25) is 11.9 Å². The molecular weight excluding hydrogens is 256 g/mol. The summed E-state index contributed by atoms with van der Waals surface area (Å²) in [5, 5.41) is 8.79. The van der Waals surface area contributed by atoms with Crippen LogP contribution >= 0.6 is 0 Å². The molecule has 7 heteroatoms. The van der Waals surface area contributed by atoms with Gasteiger partial charge in [-0.25, -0.2) is 4.98 Å².